The van der Waals surface area contributed by atoms with Crippen molar-refractivity contribution in [2.45, 2.75) is 13.8 Å². The number of carbonyl (C=O) groups is 1. The summed E-state index contributed by atoms with van der Waals surface area (Å²) in [7, 11) is -2.27. The van der Waals surface area contributed by atoms with E-state index in [2.05, 4.69) is 84.8 Å². The molecule has 0 aliphatic carbocycles. The van der Waals surface area contributed by atoms with Crippen molar-refractivity contribution in [2.75, 3.05) is 11.2 Å². The van der Waals surface area contributed by atoms with Crippen molar-refractivity contribution in [1.29, 1.82) is 0 Å². The molecule has 2 nitrogen and oxygen atoms in total. The predicted octanol–water partition coefficient (Wildman–Crippen LogP) is 3.19. The standard InChI is InChI=1S/C28H27NOP.BrH/c1-22-13-17-24(18-14-22)28(30)21-31(26-9-5-3-6-10-26,27-11-7-4-8-12-27)29-25-19-15-23(2)16-20-25;/h3-20,29H,21H2,1-2H3;1H/q+1;/p-1. The molecular weight excluding hydrogens is 477 g/mol. The van der Waals surface area contributed by atoms with Gasteiger partial charge in [-0.3, -0.25) is 9.88 Å². The molecule has 0 radical (unpaired) electrons. The maximum atomic E-state index is 13.6. The number of hydrogen-bond donors (Lipinski definition) is 1. The van der Waals surface area contributed by atoms with Crippen molar-refractivity contribution in [2.24, 2.45) is 0 Å². The maximum Gasteiger partial charge on any atom is 0.202 e. The molecule has 0 amide bonds. The highest BCUT2D eigenvalue weighted by atomic mass is 79.9. The molecule has 4 aromatic rings. The zero-order valence-corrected chi connectivity index (χ0v) is 20.8. The Morgan fingerprint density at radius 1 is 0.656 bits per heavy atom. The zero-order chi connectivity index (χ0) is 21.7. The second kappa shape index (κ2) is 10.7. The van der Waals surface area contributed by atoms with Crippen LogP contribution in [0, 0.1) is 13.8 Å². The lowest BCUT2D eigenvalue weighted by Crippen LogP contribution is -3.00. The molecule has 0 saturated carbocycles. The van der Waals surface area contributed by atoms with Gasteiger partial charge < -0.3 is 17.0 Å². The third kappa shape index (κ3) is 5.35. The van der Waals surface area contributed by atoms with Crippen LogP contribution in [0.1, 0.15) is 21.5 Å². The lowest BCUT2D eigenvalue weighted by atomic mass is 10.1. The maximum absolute atomic E-state index is 13.6. The lowest BCUT2D eigenvalue weighted by Gasteiger charge is -2.28. The first-order chi connectivity index (χ1) is 15.1. The second-order valence-corrected chi connectivity index (χ2v) is 11.1. The first kappa shape index (κ1) is 23.9. The summed E-state index contributed by atoms with van der Waals surface area (Å²) in [6, 6.07) is 37.2. The van der Waals surface area contributed by atoms with Crippen LogP contribution in [0.25, 0.3) is 0 Å². The first-order valence-electron chi connectivity index (χ1n) is 10.5. The zero-order valence-electron chi connectivity index (χ0n) is 18.3. The molecule has 0 bridgehead atoms. The van der Waals surface area contributed by atoms with Crippen molar-refractivity contribution in [3.05, 3.63) is 126 Å². The van der Waals surface area contributed by atoms with Gasteiger partial charge >= 0.3 is 0 Å². The Kier molecular flexibility index (Phi) is 8.01. The Bertz CT molecular complexity index is 1100. The molecule has 32 heavy (non-hydrogen) atoms. The molecule has 1 N–H and O–H groups in total. The summed E-state index contributed by atoms with van der Waals surface area (Å²) >= 11 is 0. The van der Waals surface area contributed by atoms with Crippen LogP contribution in [-0.2, 0) is 0 Å². The number of anilines is 1. The van der Waals surface area contributed by atoms with Gasteiger partial charge in [0.25, 0.3) is 0 Å². The van der Waals surface area contributed by atoms with Crippen LogP contribution in [0.4, 0.5) is 5.69 Å². The van der Waals surface area contributed by atoms with E-state index in [4.69, 9.17) is 0 Å². The number of carbonyl (C=O) groups excluding carboxylic acids is 1. The van der Waals surface area contributed by atoms with E-state index in [9.17, 15) is 4.79 Å². The summed E-state index contributed by atoms with van der Waals surface area (Å²) in [5.41, 5.74) is 4.15. The Morgan fingerprint density at radius 3 is 1.56 bits per heavy atom. The summed E-state index contributed by atoms with van der Waals surface area (Å²) in [5, 5.41) is 6.19. The molecule has 0 atom stereocenters. The number of ketones is 1. The number of rotatable bonds is 7. The van der Waals surface area contributed by atoms with Crippen molar-refractivity contribution in [1.82, 2.24) is 0 Å². The van der Waals surface area contributed by atoms with E-state index in [0.29, 0.717) is 6.16 Å². The molecule has 4 aromatic carbocycles. The van der Waals surface area contributed by atoms with Gasteiger partial charge in [-0.1, -0.05) is 83.9 Å². The van der Waals surface area contributed by atoms with Crippen LogP contribution in [0.5, 0.6) is 0 Å². The second-order valence-electron chi connectivity index (χ2n) is 7.91. The number of benzene rings is 4. The van der Waals surface area contributed by atoms with Gasteiger partial charge in [-0.15, -0.1) is 0 Å². The van der Waals surface area contributed by atoms with E-state index in [1.807, 2.05) is 43.3 Å². The topological polar surface area (TPSA) is 29.1 Å². The van der Waals surface area contributed by atoms with Crippen molar-refractivity contribution >= 4 is 29.5 Å². The number of nitrogens with one attached hydrogen (secondary N) is 1. The number of Topliss-reactive ketones (excluding diaryl/α,β-unsaturated/α-hetero) is 1. The average molecular weight is 504 g/mol. The summed E-state index contributed by atoms with van der Waals surface area (Å²) in [6.07, 6.45) is 0.415. The van der Waals surface area contributed by atoms with E-state index in [-0.39, 0.29) is 22.8 Å². The average Bonchev–Trinajstić information content (AvgIpc) is 2.81. The van der Waals surface area contributed by atoms with Gasteiger partial charge in [0, 0.05) is 5.56 Å². The fourth-order valence-corrected chi connectivity index (χ4v) is 7.33. The Hall–Kier alpha value is -2.74. The summed E-state index contributed by atoms with van der Waals surface area (Å²) in [4.78, 5) is 13.6. The number of hydrogen-bond acceptors (Lipinski definition) is 2. The fraction of sp³-hybridized carbons (Fsp3) is 0.107. The SMILES string of the molecule is Cc1ccc(N[P+](CC(=O)c2ccc(C)cc2)(c2ccccc2)c2ccccc2)cc1.[Br-]. The summed E-state index contributed by atoms with van der Waals surface area (Å²) < 4.78 is 0. The van der Waals surface area contributed by atoms with E-state index in [1.165, 1.54) is 16.2 Å². The first-order valence-corrected chi connectivity index (χ1v) is 12.5. The monoisotopic (exact) mass is 503 g/mol. The van der Waals surface area contributed by atoms with E-state index in [0.717, 1.165) is 16.8 Å². The molecule has 0 spiro atoms. The molecule has 4 rings (SSSR count). The molecule has 0 fully saturated rings. The van der Waals surface area contributed by atoms with E-state index in [1.54, 1.807) is 0 Å². The molecule has 0 unspecified atom stereocenters. The van der Waals surface area contributed by atoms with Gasteiger partial charge in [-0.05, 0) is 50.2 Å². The molecule has 162 valence electrons. The minimum absolute atomic E-state index is 0. The van der Waals surface area contributed by atoms with Gasteiger partial charge in [0.1, 0.15) is 10.6 Å². The molecule has 0 heterocycles. The molecule has 0 saturated heterocycles. The number of aryl methyl sites for hydroxylation is 2. The molecule has 0 aliphatic rings. The van der Waals surface area contributed by atoms with Crippen molar-refractivity contribution in [3.8, 4) is 0 Å². The normalized spacial score (nSPS) is 10.8. The van der Waals surface area contributed by atoms with Crippen molar-refractivity contribution in [3.63, 3.8) is 0 Å². The van der Waals surface area contributed by atoms with Crippen LogP contribution in [-0.4, -0.2) is 11.9 Å². The quantitative estimate of drug-likeness (QED) is 0.310. The molecule has 4 heteroatoms. The minimum Gasteiger partial charge on any atom is -1.00 e. The fourth-order valence-electron chi connectivity index (χ4n) is 3.76. The Labute approximate surface area is 201 Å². The van der Waals surface area contributed by atoms with Gasteiger partial charge in [-0.2, -0.15) is 0 Å². The number of halogens is 1. The largest absolute Gasteiger partial charge is 1.00 e. The van der Waals surface area contributed by atoms with E-state index >= 15 is 0 Å². The summed E-state index contributed by atoms with van der Waals surface area (Å²) in [5.74, 6) is 0.153. The van der Waals surface area contributed by atoms with Crippen LogP contribution >= 0.6 is 7.41 Å². The highest BCUT2D eigenvalue weighted by molar-refractivity contribution is 7.91. The highest BCUT2D eigenvalue weighted by Crippen LogP contribution is 2.56. The van der Waals surface area contributed by atoms with Gasteiger partial charge in [-0.25, -0.2) is 0 Å². The van der Waals surface area contributed by atoms with Gasteiger partial charge in [0.05, 0.1) is 5.69 Å². The molecule has 0 aromatic heterocycles. The third-order valence-electron chi connectivity index (χ3n) is 5.52. The summed E-state index contributed by atoms with van der Waals surface area (Å²) in [6.45, 7) is 4.12. The van der Waals surface area contributed by atoms with Crippen LogP contribution in [0.3, 0.4) is 0 Å². The van der Waals surface area contributed by atoms with E-state index < -0.39 is 7.41 Å². The predicted molar refractivity (Wildman–Crippen MR) is 134 cm³/mol. The lowest BCUT2D eigenvalue weighted by molar-refractivity contribution is -0.0000140. The van der Waals surface area contributed by atoms with Crippen molar-refractivity contribution < 1.29 is 21.8 Å². The molecule has 0 aliphatic heterocycles. The van der Waals surface area contributed by atoms with Crippen LogP contribution < -0.4 is 32.7 Å². The van der Waals surface area contributed by atoms with Crippen LogP contribution in [0.15, 0.2) is 109 Å². The molecular formula is C28H27BrNOP. The minimum atomic E-state index is -2.27. The van der Waals surface area contributed by atoms with Gasteiger partial charge in [0.2, 0.25) is 5.78 Å². The Morgan fingerprint density at radius 2 is 1.09 bits per heavy atom. The van der Waals surface area contributed by atoms with Crippen LogP contribution in [0.2, 0.25) is 0 Å². The third-order valence-corrected chi connectivity index (χ3v) is 9.28. The smallest absolute Gasteiger partial charge is 0.202 e. The van der Waals surface area contributed by atoms with Gasteiger partial charge in [0.15, 0.2) is 13.6 Å². The Balaban J connectivity index is 0.00000289. The highest BCUT2D eigenvalue weighted by Gasteiger charge is 2.45.